The van der Waals surface area contributed by atoms with Crippen molar-refractivity contribution in [2.75, 3.05) is 13.7 Å². The maximum Gasteiger partial charge on any atom is 0.228 e. The van der Waals surface area contributed by atoms with Gasteiger partial charge in [0, 0.05) is 31.5 Å². The van der Waals surface area contributed by atoms with Crippen molar-refractivity contribution in [3.63, 3.8) is 0 Å². The van der Waals surface area contributed by atoms with Crippen molar-refractivity contribution in [1.29, 1.82) is 0 Å². The molecule has 4 rings (SSSR count). The third kappa shape index (κ3) is 2.71. The third-order valence-electron chi connectivity index (χ3n) is 4.88. The Morgan fingerprint density at radius 2 is 2.12 bits per heavy atom. The lowest BCUT2D eigenvalue weighted by molar-refractivity contribution is -0.136. The lowest BCUT2D eigenvalue weighted by Gasteiger charge is -2.23. The van der Waals surface area contributed by atoms with Gasteiger partial charge in [-0.05, 0) is 31.4 Å². The number of benzene rings is 1. The third-order valence-corrected chi connectivity index (χ3v) is 4.88. The molecule has 2 aliphatic rings. The minimum absolute atomic E-state index is 0.138. The fourth-order valence-corrected chi connectivity index (χ4v) is 3.33. The quantitative estimate of drug-likeness (QED) is 0.866. The van der Waals surface area contributed by atoms with Crippen LogP contribution in [-0.4, -0.2) is 40.3 Å². The van der Waals surface area contributed by atoms with Gasteiger partial charge >= 0.3 is 0 Å². The summed E-state index contributed by atoms with van der Waals surface area (Å²) in [6.45, 7) is 0.560. The first-order valence-electron chi connectivity index (χ1n) is 8.33. The molecule has 1 amide bonds. The summed E-state index contributed by atoms with van der Waals surface area (Å²) < 4.78 is 21.2. The molecule has 0 radical (unpaired) electrons. The normalized spacial score (nSPS) is 23.4. The number of hydrogen-bond donors (Lipinski definition) is 0. The molecule has 2 atom stereocenters. The highest BCUT2D eigenvalue weighted by molar-refractivity contribution is 5.80. The molecule has 1 saturated heterocycles. The molecule has 0 unspecified atom stereocenters. The number of carbonyl (C=O) groups excluding carboxylic acids is 1. The lowest BCUT2D eigenvalue weighted by Crippen LogP contribution is -2.35. The van der Waals surface area contributed by atoms with Gasteiger partial charge in [0.15, 0.2) is 0 Å². The van der Waals surface area contributed by atoms with Crippen molar-refractivity contribution in [2.45, 2.75) is 31.4 Å². The first-order chi connectivity index (χ1) is 11.6. The van der Waals surface area contributed by atoms with Crippen LogP contribution in [0.2, 0.25) is 0 Å². The summed E-state index contributed by atoms with van der Waals surface area (Å²) in [5.41, 5.74) is 1.21. The summed E-state index contributed by atoms with van der Waals surface area (Å²) in [6.07, 6.45) is 6.01. The smallest absolute Gasteiger partial charge is 0.228 e. The summed E-state index contributed by atoms with van der Waals surface area (Å²) >= 11 is 0. The number of para-hydroxylation sites is 1. The van der Waals surface area contributed by atoms with E-state index in [4.69, 9.17) is 4.74 Å². The average molecular weight is 329 g/mol. The van der Waals surface area contributed by atoms with Crippen molar-refractivity contribution in [1.82, 2.24) is 14.7 Å². The number of aromatic nitrogens is 2. The monoisotopic (exact) mass is 329 g/mol. The van der Waals surface area contributed by atoms with Crippen LogP contribution < -0.4 is 0 Å². The minimum atomic E-state index is -0.333. The summed E-state index contributed by atoms with van der Waals surface area (Å²) in [5.74, 6) is -0.381. The van der Waals surface area contributed by atoms with Crippen molar-refractivity contribution < 1.29 is 13.9 Å². The summed E-state index contributed by atoms with van der Waals surface area (Å²) in [4.78, 5) is 14.6. The second-order valence-electron chi connectivity index (χ2n) is 6.54. The Balaban J connectivity index is 1.57. The number of ether oxygens (including phenoxy) is 1. The van der Waals surface area contributed by atoms with E-state index < -0.39 is 0 Å². The zero-order valence-electron chi connectivity index (χ0n) is 13.6. The Labute approximate surface area is 140 Å². The van der Waals surface area contributed by atoms with Crippen LogP contribution in [0.1, 0.15) is 30.9 Å². The van der Waals surface area contributed by atoms with E-state index in [1.807, 2.05) is 11.9 Å². The fourth-order valence-electron chi connectivity index (χ4n) is 3.33. The van der Waals surface area contributed by atoms with E-state index in [9.17, 15) is 9.18 Å². The van der Waals surface area contributed by atoms with Crippen molar-refractivity contribution in [3.8, 4) is 5.69 Å². The SMILES string of the molecule is CN(C(=O)[C@H]1CCO[C@@H]1c1cnn(-c2ccccc2F)c1)C1CC1. The molecule has 1 aromatic carbocycles. The van der Waals surface area contributed by atoms with E-state index in [0.29, 0.717) is 24.8 Å². The second-order valence-corrected chi connectivity index (χ2v) is 6.54. The Hall–Kier alpha value is -2.21. The Bertz CT molecular complexity index is 756. The average Bonchev–Trinajstić information content (AvgIpc) is 3.13. The predicted octanol–water partition coefficient (Wildman–Crippen LogP) is 2.71. The van der Waals surface area contributed by atoms with E-state index in [1.54, 1.807) is 30.6 Å². The van der Waals surface area contributed by atoms with Gasteiger partial charge in [-0.15, -0.1) is 0 Å². The van der Waals surface area contributed by atoms with Crippen LogP contribution in [0.3, 0.4) is 0 Å². The van der Waals surface area contributed by atoms with Gasteiger partial charge in [0.05, 0.1) is 18.2 Å². The molecule has 126 valence electrons. The molecule has 2 aromatic rings. The number of nitrogens with zero attached hydrogens (tertiary/aromatic N) is 3. The Morgan fingerprint density at radius 1 is 1.33 bits per heavy atom. The molecule has 1 aromatic heterocycles. The summed E-state index contributed by atoms with van der Waals surface area (Å²) in [7, 11) is 1.87. The van der Waals surface area contributed by atoms with Gasteiger partial charge < -0.3 is 9.64 Å². The maximum atomic E-state index is 13.9. The highest BCUT2D eigenvalue weighted by Gasteiger charge is 2.40. The highest BCUT2D eigenvalue weighted by Crippen LogP contribution is 2.37. The zero-order chi connectivity index (χ0) is 16.7. The maximum absolute atomic E-state index is 13.9. The van der Waals surface area contributed by atoms with E-state index in [2.05, 4.69) is 5.10 Å². The number of carbonyl (C=O) groups is 1. The van der Waals surface area contributed by atoms with Gasteiger partial charge in [0.1, 0.15) is 11.5 Å². The molecule has 2 fully saturated rings. The van der Waals surface area contributed by atoms with Crippen molar-refractivity contribution >= 4 is 5.91 Å². The van der Waals surface area contributed by atoms with Crippen LogP contribution in [0.15, 0.2) is 36.7 Å². The number of hydrogen-bond acceptors (Lipinski definition) is 3. The first-order valence-corrected chi connectivity index (χ1v) is 8.33. The van der Waals surface area contributed by atoms with Crippen molar-refractivity contribution in [2.24, 2.45) is 5.92 Å². The molecule has 6 heteroatoms. The van der Waals surface area contributed by atoms with E-state index in [-0.39, 0.29) is 23.7 Å². The van der Waals surface area contributed by atoms with Crippen LogP contribution in [0, 0.1) is 11.7 Å². The molecular weight excluding hydrogens is 309 g/mol. The minimum Gasteiger partial charge on any atom is -0.373 e. The molecular formula is C18H20FN3O2. The fraction of sp³-hybridized carbons (Fsp3) is 0.444. The molecule has 24 heavy (non-hydrogen) atoms. The molecule has 0 spiro atoms. The van der Waals surface area contributed by atoms with Gasteiger partial charge in [-0.3, -0.25) is 4.79 Å². The number of rotatable bonds is 4. The van der Waals surface area contributed by atoms with Gasteiger partial charge in [-0.1, -0.05) is 12.1 Å². The largest absolute Gasteiger partial charge is 0.373 e. The number of halogens is 1. The van der Waals surface area contributed by atoms with Crippen LogP contribution >= 0.6 is 0 Å². The molecule has 1 aliphatic heterocycles. The van der Waals surface area contributed by atoms with Crippen LogP contribution in [0.25, 0.3) is 5.69 Å². The zero-order valence-corrected chi connectivity index (χ0v) is 13.6. The van der Waals surface area contributed by atoms with Crippen LogP contribution in [-0.2, 0) is 9.53 Å². The van der Waals surface area contributed by atoms with E-state index in [0.717, 1.165) is 18.4 Å². The molecule has 0 bridgehead atoms. The van der Waals surface area contributed by atoms with Crippen LogP contribution in [0.5, 0.6) is 0 Å². The van der Waals surface area contributed by atoms with Gasteiger partial charge in [-0.25, -0.2) is 9.07 Å². The van der Waals surface area contributed by atoms with Crippen LogP contribution in [0.4, 0.5) is 4.39 Å². The van der Waals surface area contributed by atoms with E-state index >= 15 is 0 Å². The summed E-state index contributed by atoms with van der Waals surface area (Å²) in [5, 5.41) is 4.25. The topological polar surface area (TPSA) is 47.4 Å². The lowest BCUT2D eigenvalue weighted by atomic mass is 9.96. The Morgan fingerprint density at radius 3 is 2.88 bits per heavy atom. The summed E-state index contributed by atoms with van der Waals surface area (Å²) in [6, 6.07) is 6.87. The molecule has 1 saturated carbocycles. The Kier molecular flexibility index (Phi) is 3.84. The van der Waals surface area contributed by atoms with E-state index in [1.165, 1.54) is 10.7 Å². The molecule has 5 nitrogen and oxygen atoms in total. The van der Waals surface area contributed by atoms with Gasteiger partial charge in [0.2, 0.25) is 5.91 Å². The van der Waals surface area contributed by atoms with Gasteiger partial charge in [0.25, 0.3) is 0 Å². The van der Waals surface area contributed by atoms with Gasteiger partial charge in [-0.2, -0.15) is 5.10 Å². The number of amides is 1. The first kappa shape index (κ1) is 15.3. The second kappa shape index (κ2) is 6.02. The predicted molar refractivity (Wildman–Crippen MR) is 86.1 cm³/mol. The molecule has 2 heterocycles. The molecule has 1 aliphatic carbocycles. The highest BCUT2D eigenvalue weighted by atomic mass is 19.1. The van der Waals surface area contributed by atoms with Crippen molar-refractivity contribution in [3.05, 3.63) is 48.0 Å². The molecule has 0 N–H and O–H groups in total. The standard InChI is InChI=1S/C18H20FN3O2/c1-21(13-6-7-13)18(23)14-8-9-24-17(14)12-10-20-22(11-12)16-5-3-2-4-15(16)19/h2-5,10-11,13-14,17H,6-9H2,1H3/t14-,17+/m0/s1.